The molecular weight excluding hydrogens is 330 g/mol. The largest absolute Gasteiger partial charge is 0.507 e. The zero-order valence-electron chi connectivity index (χ0n) is 11.0. The molecule has 0 spiro atoms. The van der Waals surface area contributed by atoms with Gasteiger partial charge < -0.3 is 10.8 Å². The average molecular weight is 342 g/mol. The Morgan fingerprint density at radius 2 is 1.57 bits per heavy atom. The Hall–Kier alpha value is -2.40. The van der Waals surface area contributed by atoms with Gasteiger partial charge in [-0.05, 0) is 30.3 Å². The number of aromatic hydroxyl groups is 1. The summed E-state index contributed by atoms with van der Waals surface area (Å²) in [5.41, 5.74) is 8.68. The van der Waals surface area contributed by atoms with Gasteiger partial charge in [-0.1, -0.05) is 40.2 Å². The number of halogens is 1. The van der Waals surface area contributed by atoms with Crippen molar-refractivity contribution in [3.05, 3.63) is 59.1 Å². The molecule has 0 fully saturated rings. The van der Waals surface area contributed by atoms with Crippen LogP contribution in [0.2, 0.25) is 0 Å². The lowest BCUT2D eigenvalue weighted by Gasteiger charge is -2.07. The van der Waals surface area contributed by atoms with E-state index < -0.39 is 0 Å². The molecule has 0 amide bonds. The summed E-state index contributed by atoms with van der Waals surface area (Å²) in [4.78, 5) is 8.46. The van der Waals surface area contributed by atoms with Gasteiger partial charge >= 0.3 is 0 Å². The first-order chi connectivity index (χ1) is 10.1. The second-order valence-electron chi connectivity index (χ2n) is 4.52. The monoisotopic (exact) mass is 341 g/mol. The van der Waals surface area contributed by atoms with Crippen molar-refractivity contribution in [2.24, 2.45) is 0 Å². The van der Waals surface area contributed by atoms with E-state index in [2.05, 4.69) is 25.9 Å². The summed E-state index contributed by atoms with van der Waals surface area (Å²) in [6.07, 6.45) is 0. The van der Waals surface area contributed by atoms with Crippen LogP contribution in [-0.2, 0) is 0 Å². The van der Waals surface area contributed by atoms with Crippen molar-refractivity contribution in [2.45, 2.75) is 0 Å². The highest BCUT2D eigenvalue weighted by atomic mass is 79.9. The van der Waals surface area contributed by atoms with Crippen molar-refractivity contribution in [3.63, 3.8) is 0 Å². The van der Waals surface area contributed by atoms with E-state index in [0.29, 0.717) is 17.0 Å². The molecule has 104 valence electrons. The lowest BCUT2D eigenvalue weighted by Crippen LogP contribution is -1.98. The molecule has 1 aromatic heterocycles. The van der Waals surface area contributed by atoms with Gasteiger partial charge in [0.05, 0.1) is 11.4 Å². The second-order valence-corrected chi connectivity index (χ2v) is 5.44. The number of benzene rings is 2. The fourth-order valence-electron chi connectivity index (χ4n) is 2.06. The highest BCUT2D eigenvalue weighted by Gasteiger charge is 2.09. The molecule has 0 atom stereocenters. The molecule has 2 aromatic carbocycles. The molecule has 0 saturated carbocycles. The zero-order chi connectivity index (χ0) is 14.8. The molecule has 0 aliphatic heterocycles. The predicted octanol–water partition coefficient (Wildman–Crippen LogP) is 3.86. The Bertz CT molecular complexity index is 788. The van der Waals surface area contributed by atoms with Gasteiger partial charge in [0, 0.05) is 15.6 Å². The Balaban J connectivity index is 2.13. The van der Waals surface area contributed by atoms with Crippen LogP contribution in [0.15, 0.2) is 59.1 Å². The van der Waals surface area contributed by atoms with Gasteiger partial charge in [-0.3, -0.25) is 0 Å². The molecule has 0 aliphatic rings. The highest BCUT2D eigenvalue weighted by Crippen LogP contribution is 2.30. The van der Waals surface area contributed by atoms with Crippen LogP contribution >= 0.6 is 15.9 Å². The molecule has 21 heavy (non-hydrogen) atoms. The van der Waals surface area contributed by atoms with Gasteiger partial charge in [0.1, 0.15) is 5.75 Å². The Morgan fingerprint density at radius 1 is 0.905 bits per heavy atom. The number of aromatic nitrogens is 2. The third kappa shape index (κ3) is 2.87. The molecule has 0 saturated heterocycles. The van der Waals surface area contributed by atoms with Crippen molar-refractivity contribution in [3.8, 4) is 28.3 Å². The summed E-state index contributed by atoms with van der Waals surface area (Å²) in [6.45, 7) is 0. The Morgan fingerprint density at radius 3 is 2.29 bits per heavy atom. The van der Waals surface area contributed by atoms with E-state index in [0.717, 1.165) is 10.0 Å². The number of nitrogens with zero attached hydrogens (tertiary/aromatic N) is 2. The molecule has 3 aromatic rings. The summed E-state index contributed by atoms with van der Waals surface area (Å²) in [5, 5.41) is 9.95. The number of anilines is 1. The van der Waals surface area contributed by atoms with Crippen LogP contribution in [-0.4, -0.2) is 15.1 Å². The van der Waals surface area contributed by atoms with Gasteiger partial charge in [-0.25, -0.2) is 9.97 Å². The topological polar surface area (TPSA) is 72.0 Å². The minimum absolute atomic E-state index is 0.164. The number of nitrogen functional groups attached to an aromatic ring is 1. The smallest absolute Gasteiger partial charge is 0.221 e. The first-order valence-corrected chi connectivity index (χ1v) is 7.11. The van der Waals surface area contributed by atoms with Crippen molar-refractivity contribution >= 4 is 21.9 Å². The SMILES string of the molecule is Nc1nc(-c2ccc(Br)cc2)cc(-c2ccccc2O)n1. The van der Waals surface area contributed by atoms with Crippen LogP contribution in [0.4, 0.5) is 5.95 Å². The summed E-state index contributed by atoms with van der Waals surface area (Å²) in [6, 6.07) is 16.6. The first kappa shape index (κ1) is 13.6. The van der Waals surface area contributed by atoms with Crippen LogP contribution in [0.3, 0.4) is 0 Å². The predicted molar refractivity (Wildman–Crippen MR) is 86.7 cm³/mol. The zero-order valence-corrected chi connectivity index (χ0v) is 12.6. The molecule has 3 rings (SSSR count). The van der Waals surface area contributed by atoms with Crippen LogP contribution in [0.1, 0.15) is 0 Å². The maximum Gasteiger partial charge on any atom is 0.221 e. The molecule has 5 heteroatoms. The third-order valence-electron chi connectivity index (χ3n) is 3.06. The van der Waals surface area contributed by atoms with E-state index in [1.807, 2.05) is 36.4 Å². The van der Waals surface area contributed by atoms with E-state index in [-0.39, 0.29) is 11.7 Å². The van der Waals surface area contributed by atoms with Gasteiger partial charge in [0.15, 0.2) is 0 Å². The second kappa shape index (κ2) is 5.54. The van der Waals surface area contributed by atoms with Crippen LogP contribution in [0, 0.1) is 0 Å². The number of nitrogens with two attached hydrogens (primary N) is 1. The molecule has 0 radical (unpaired) electrons. The lowest BCUT2D eigenvalue weighted by molar-refractivity contribution is 0.477. The summed E-state index contributed by atoms with van der Waals surface area (Å²) < 4.78 is 0.995. The van der Waals surface area contributed by atoms with Crippen molar-refractivity contribution < 1.29 is 5.11 Å². The third-order valence-corrected chi connectivity index (χ3v) is 3.59. The fraction of sp³-hybridized carbons (Fsp3) is 0. The van der Waals surface area contributed by atoms with Gasteiger partial charge in [-0.2, -0.15) is 0 Å². The molecule has 4 nitrogen and oxygen atoms in total. The van der Waals surface area contributed by atoms with E-state index >= 15 is 0 Å². The average Bonchev–Trinajstić information content (AvgIpc) is 2.48. The molecule has 3 N–H and O–H groups in total. The van der Waals surface area contributed by atoms with Crippen LogP contribution < -0.4 is 5.73 Å². The maximum atomic E-state index is 9.95. The number of phenolic OH excluding ortho intramolecular Hbond substituents is 1. The van der Waals surface area contributed by atoms with Crippen molar-refractivity contribution in [1.29, 1.82) is 0 Å². The lowest BCUT2D eigenvalue weighted by atomic mass is 10.1. The fourth-order valence-corrected chi connectivity index (χ4v) is 2.33. The van der Waals surface area contributed by atoms with E-state index in [4.69, 9.17) is 5.73 Å². The first-order valence-electron chi connectivity index (χ1n) is 6.32. The minimum atomic E-state index is 0.164. The number of hydrogen-bond donors (Lipinski definition) is 2. The van der Waals surface area contributed by atoms with E-state index in [9.17, 15) is 5.11 Å². The number of para-hydroxylation sites is 1. The Labute approximate surface area is 130 Å². The summed E-state index contributed by atoms with van der Waals surface area (Å²) >= 11 is 3.40. The summed E-state index contributed by atoms with van der Waals surface area (Å²) in [5.74, 6) is 0.339. The highest BCUT2D eigenvalue weighted by molar-refractivity contribution is 9.10. The van der Waals surface area contributed by atoms with Gasteiger partial charge in [-0.15, -0.1) is 0 Å². The number of hydrogen-bond acceptors (Lipinski definition) is 4. The van der Waals surface area contributed by atoms with Crippen LogP contribution in [0.25, 0.3) is 22.5 Å². The normalized spacial score (nSPS) is 10.5. The van der Waals surface area contributed by atoms with E-state index in [1.165, 1.54) is 0 Å². The number of phenols is 1. The molecule has 0 unspecified atom stereocenters. The summed E-state index contributed by atoms with van der Waals surface area (Å²) in [7, 11) is 0. The molecule has 0 aliphatic carbocycles. The van der Waals surface area contributed by atoms with Crippen molar-refractivity contribution in [2.75, 3.05) is 5.73 Å². The molecular formula is C16H12BrN3O. The Kier molecular flexibility index (Phi) is 3.58. The minimum Gasteiger partial charge on any atom is -0.507 e. The quantitative estimate of drug-likeness (QED) is 0.742. The standard InChI is InChI=1S/C16H12BrN3O/c17-11-7-5-10(6-8-11)13-9-14(20-16(18)19-13)12-3-1-2-4-15(12)21/h1-9,21H,(H2,18,19,20). The van der Waals surface area contributed by atoms with Gasteiger partial charge in [0.25, 0.3) is 0 Å². The maximum absolute atomic E-state index is 9.95. The van der Waals surface area contributed by atoms with E-state index in [1.54, 1.807) is 18.2 Å². The van der Waals surface area contributed by atoms with Crippen LogP contribution in [0.5, 0.6) is 5.75 Å². The molecule has 0 bridgehead atoms. The number of rotatable bonds is 2. The molecule has 1 heterocycles. The van der Waals surface area contributed by atoms with Gasteiger partial charge in [0.2, 0.25) is 5.95 Å². The van der Waals surface area contributed by atoms with Crippen molar-refractivity contribution in [1.82, 2.24) is 9.97 Å².